The first-order valence-corrected chi connectivity index (χ1v) is 11.7. The van der Waals surface area contributed by atoms with Gasteiger partial charge >= 0.3 is 0 Å². The molecule has 3 aromatic carbocycles. The number of anilines is 1. The highest BCUT2D eigenvalue weighted by Crippen LogP contribution is 2.24. The zero-order valence-electron chi connectivity index (χ0n) is 20.2. The summed E-state index contributed by atoms with van der Waals surface area (Å²) >= 11 is 0. The summed E-state index contributed by atoms with van der Waals surface area (Å²) in [5, 5.41) is 3.07. The van der Waals surface area contributed by atoms with Crippen LogP contribution in [-0.4, -0.2) is 68.6 Å². The van der Waals surface area contributed by atoms with Crippen LogP contribution in [0.3, 0.4) is 0 Å². The number of carbonyl (C=O) groups excluding carboxylic acids is 2. The van der Waals surface area contributed by atoms with Crippen molar-refractivity contribution < 1.29 is 19.1 Å². The minimum atomic E-state index is -0.0684. The predicted molar refractivity (Wildman–Crippen MR) is 136 cm³/mol. The van der Waals surface area contributed by atoms with E-state index in [1.165, 1.54) is 5.56 Å². The molecular weight excluding hydrogens is 442 g/mol. The maximum absolute atomic E-state index is 13.0. The van der Waals surface area contributed by atoms with Crippen molar-refractivity contribution in [3.63, 3.8) is 0 Å². The minimum Gasteiger partial charge on any atom is -0.497 e. The number of amides is 2. The molecule has 7 heteroatoms. The second-order valence-corrected chi connectivity index (χ2v) is 8.54. The molecule has 1 N–H and O–H groups in total. The average Bonchev–Trinajstić information content (AvgIpc) is 2.90. The van der Waals surface area contributed by atoms with E-state index >= 15 is 0 Å². The molecule has 3 aromatic rings. The van der Waals surface area contributed by atoms with Gasteiger partial charge in [-0.1, -0.05) is 48.5 Å². The van der Waals surface area contributed by atoms with Crippen LogP contribution in [0.1, 0.15) is 21.5 Å². The molecule has 35 heavy (non-hydrogen) atoms. The molecule has 182 valence electrons. The topological polar surface area (TPSA) is 71.1 Å². The number of hydrogen-bond acceptors (Lipinski definition) is 5. The lowest BCUT2D eigenvalue weighted by atomic mass is 10.0. The number of piperazine rings is 1. The Morgan fingerprint density at radius 1 is 0.829 bits per heavy atom. The summed E-state index contributed by atoms with van der Waals surface area (Å²) in [6, 6.07) is 23.3. The first-order chi connectivity index (χ1) is 17.1. The fourth-order valence-corrected chi connectivity index (χ4v) is 4.23. The van der Waals surface area contributed by atoms with Crippen LogP contribution in [0, 0.1) is 0 Å². The normalized spacial score (nSPS) is 13.8. The fourth-order valence-electron chi connectivity index (χ4n) is 4.23. The Balaban J connectivity index is 1.31. The molecule has 0 spiro atoms. The largest absolute Gasteiger partial charge is 0.497 e. The Bertz CT molecular complexity index is 1140. The number of carbonyl (C=O) groups is 2. The van der Waals surface area contributed by atoms with Gasteiger partial charge in [0.25, 0.3) is 5.91 Å². The highest BCUT2D eigenvalue weighted by molar-refractivity contribution is 5.95. The number of nitrogens with zero attached hydrogens (tertiary/aromatic N) is 2. The Morgan fingerprint density at radius 2 is 1.46 bits per heavy atom. The Hall–Kier alpha value is -3.84. The number of benzene rings is 3. The Morgan fingerprint density at radius 3 is 2.11 bits per heavy atom. The molecule has 4 rings (SSSR count). The van der Waals surface area contributed by atoms with Crippen LogP contribution < -0.4 is 14.8 Å². The molecule has 1 fully saturated rings. The standard InChI is InChI=1S/C28H31N3O4/c1-34-24-17-23(18-25(19-24)35-2)28(33)31-14-12-30(13-15-31)20-27(32)29-26-11-7-6-10-22(26)16-21-8-4-3-5-9-21/h3-11,17-19H,12-16,20H2,1-2H3,(H,29,32). The molecule has 0 radical (unpaired) electrons. The van der Waals surface area contributed by atoms with Crippen molar-refractivity contribution in [3.8, 4) is 11.5 Å². The van der Waals surface area contributed by atoms with Gasteiger partial charge < -0.3 is 19.7 Å². The van der Waals surface area contributed by atoms with Gasteiger partial charge in [-0.3, -0.25) is 14.5 Å². The number of hydrogen-bond donors (Lipinski definition) is 1. The number of rotatable bonds is 8. The van der Waals surface area contributed by atoms with Gasteiger partial charge in [-0.2, -0.15) is 0 Å². The van der Waals surface area contributed by atoms with E-state index in [4.69, 9.17) is 9.47 Å². The molecule has 0 aromatic heterocycles. The van der Waals surface area contributed by atoms with Crippen molar-refractivity contribution >= 4 is 17.5 Å². The summed E-state index contributed by atoms with van der Waals surface area (Å²) in [7, 11) is 3.12. The molecule has 2 amide bonds. The van der Waals surface area contributed by atoms with E-state index in [0.29, 0.717) is 43.2 Å². The highest BCUT2D eigenvalue weighted by atomic mass is 16.5. The third-order valence-corrected chi connectivity index (χ3v) is 6.15. The monoisotopic (exact) mass is 473 g/mol. The Kier molecular flexibility index (Phi) is 8.00. The first-order valence-electron chi connectivity index (χ1n) is 11.7. The van der Waals surface area contributed by atoms with Crippen molar-refractivity contribution in [2.24, 2.45) is 0 Å². The van der Waals surface area contributed by atoms with E-state index in [-0.39, 0.29) is 18.4 Å². The molecule has 1 heterocycles. The number of ether oxygens (including phenoxy) is 2. The van der Waals surface area contributed by atoms with E-state index in [1.807, 2.05) is 42.5 Å². The SMILES string of the molecule is COc1cc(OC)cc(C(=O)N2CCN(CC(=O)Nc3ccccc3Cc3ccccc3)CC2)c1. The molecule has 0 bridgehead atoms. The third kappa shape index (κ3) is 6.39. The van der Waals surface area contributed by atoms with Gasteiger partial charge in [0, 0.05) is 43.5 Å². The fraction of sp³-hybridized carbons (Fsp3) is 0.286. The van der Waals surface area contributed by atoms with Crippen molar-refractivity contribution in [2.75, 3.05) is 52.3 Å². The van der Waals surface area contributed by atoms with Crippen LogP contribution in [0.5, 0.6) is 11.5 Å². The maximum atomic E-state index is 13.0. The molecule has 1 saturated heterocycles. The van der Waals surface area contributed by atoms with Crippen molar-refractivity contribution in [3.05, 3.63) is 89.5 Å². The lowest BCUT2D eigenvalue weighted by molar-refractivity contribution is -0.117. The molecule has 7 nitrogen and oxygen atoms in total. The lowest BCUT2D eigenvalue weighted by Gasteiger charge is -2.34. The highest BCUT2D eigenvalue weighted by Gasteiger charge is 2.24. The van der Waals surface area contributed by atoms with E-state index in [0.717, 1.165) is 17.7 Å². The summed E-state index contributed by atoms with van der Waals surface area (Å²) in [5.74, 6) is 1.04. The molecule has 1 aliphatic rings. The van der Waals surface area contributed by atoms with Gasteiger partial charge in [0.1, 0.15) is 11.5 Å². The van der Waals surface area contributed by atoms with Gasteiger partial charge in [0.05, 0.1) is 20.8 Å². The minimum absolute atomic E-state index is 0.0529. The molecule has 0 atom stereocenters. The molecular formula is C28H31N3O4. The third-order valence-electron chi connectivity index (χ3n) is 6.15. The van der Waals surface area contributed by atoms with Gasteiger partial charge in [-0.15, -0.1) is 0 Å². The zero-order valence-corrected chi connectivity index (χ0v) is 20.2. The lowest BCUT2D eigenvalue weighted by Crippen LogP contribution is -2.50. The maximum Gasteiger partial charge on any atom is 0.254 e. The number of nitrogens with one attached hydrogen (secondary N) is 1. The molecule has 1 aliphatic heterocycles. The van der Waals surface area contributed by atoms with E-state index in [9.17, 15) is 9.59 Å². The zero-order chi connectivity index (χ0) is 24.6. The van der Waals surface area contributed by atoms with E-state index in [1.54, 1.807) is 37.3 Å². The van der Waals surface area contributed by atoms with E-state index < -0.39 is 0 Å². The summed E-state index contributed by atoms with van der Waals surface area (Å²) in [5.41, 5.74) is 3.64. The van der Waals surface area contributed by atoms with Crippen LogP contribution >= 0.6 is 0 Å². The van der Waals surface area contributed by atoms with Crippen LogP contribution in [0.25, 0.3) is 0 Å². The van der Waals surface area contributed by atoms with Gasteiger partial charge in [0.15, 0.2) is 0 Å². The quantitative estimate of drug-likeness (QED) is 0.540. The van der Waals surface area contributed by atoms with Crippen LogP contribution in [0.4, 0.5) is 5.69 Å². The van der Waals surface area contributed by atoms with Crippen LogP contribution in [0.15, 0.2) is 72.8 Å². The first kappa shape index (κ1) is 24.3. The summed E-state index contributed by atoms with van der Waals surface area (Å²) < 4.78 is 10.6. The summed E-state index contributed by atoms with van der Waals surface area (Å²) in [6.07, 6.45) is 0.757. The smallest absolute Gasteiger partial charge is 0.254 e. The molecule has 0 unspecified atom stereocenters. The number of methoxy groups -OCH3 is 2. The second-order valence-electron chi connectivity index (χ2n) is 8.54. The molecule has 0 saturated carbocycles. The van der Waals surface area contributed by atoms with Crippen molar-refractivity contribution in [1.82, 2.24) is 9.80 Å². The van der Waals surface area contributed by atoms with Gasteiger partial charge in [-0.25, -0.2) is 0 Å². The summed E-state index contributed by atoms with van der Waals surface area (Å²) in [6.45, 7) is 2.65. The van der Waals surface area contributed by atoms with Crippen molar-refractivity contribution in [1.29, 1.82) is 0 Å². The second kappa shape index (κ2) is 11.5. The van der Waals surface area contributed by atoms with Crippen LogP contribution in [0.2, 0.25) is 0 Å². The molecule has 0 aliphatic carbocycles. The van der Waals surface area contributed by atoms with Crippen molar-refractivity contribution in [2.45, 2.75) is 6.42 Å². The Labute approximate surface area is 206 Å². The average molecular weight is 474 g/mol. The summed E-state index contributed by atoms with van der Waals surface area (Å²) in [4.78, 5) is 29.7. The van der Waals surface area contributed by atoms with Crippen LogP contribution in [-0.2, 0) is 11.2 Å². The van der Waals surface area contributed by atoms with Gasteiger partial charge in [-0.05, 0) is 35.7 Å². The predicted octanol–water partition coefficient (Wildman–Crippen LogP) is 3.69. The van der Waals surface area contributed by atoms with E-state index in [2.05, 4.69) is 22.3 Å². The van der Waals surface area contributed by atoms with Gasteiger partial charge in [0.2, 0.25) is 5.91 Å². The number of para-hydroxylation sites is 1.